The molecule has 0 atom stereocenters. The van der Waals surface area contributed by atoms with Crippen LogP contribution in [0.15, 0.2) is 47.2 Å². The molecule has 3 rings (SSSR count). The number of thiophene rings is 1. The second kappa shape index (κ2) is 8.40. The number of esters is 1. The fraction of sp³-hybridized carbons (Fsp3) is 0.118. The Labute approximate surface area is 164 Å². The molecule has 0 aliphatic heterocycles. The van der Waals surface area contributed by atoms with Gasteiger partial charge in [0.15, 0.2) is 12.3 Å². The number of hydrogen-bond acceptors (Lipinski definition) is 7. The van der Waals surface area contributed by atoms with Crippen molar-refractivity contribution in [3.05, 3.63) is 52.9 Å². The molecule has 28 heavy (non-hydrogen) atoms. The molecule has 0 saturated carbocycles. The molecule has 0 saturated heterocycles. The molecule has 0 aliphatic carbocycles. The van der Waals surface area contributed by atoms with Gasteiger partial charge in [-0.05, 0) is 35.7 Å². The van der Waals surface area contributed by atoms with Crippen molar-refractivity contribution in [2.75, 3.05) is 11.9 Å². The highest BCUT2D eigenvalue weighted by molar-refractivity contribution is 7.20. The predicted molar refractivity (Wildman–Crippen MR) is 97.5 cm³/mol. The number of carbonyl (C=O) groups excluding carboxylic acids is 2. The minimum absolute atomic E-state index is 0.0925. The van der Waals surface area contributed by atoms with Gasteiger partial charge in [-0.2, -0.15) is 0 Å². The van der Waals surface area contributed by atoms with Crippen LogP contribution in [-0.4, -0.2) is 29.8 Å². The Morgan fingerprint density at radius 1 is 1.11 bits per heavy atom. The van der Waals surface area contributed by atoms with Crippen molar-refractivity contribution in [1.29, 1.82) is 0 Å². The maximum Gasteiger partial charge on any atom is 0.573 e. The number of carbonyl (C=O) groups is 2. The minimum atomic E-state index is -4.79. The molecular formula is C17H11F3N2O4S2. The molecule has 11 heteroatoms. The number of aromatic nitrogens is 1. The molecule has 2 aromatic heterocycles. The summed E-state index contributed by atoms with van der Waals surface area (Å²) in [6, 6.07) is 8.30. The van der Waals surface area contributed by atoms with Crippen LogP contribution in [0.3, 0.4) is 0 Å². The van der Waals surface area contributed by atoms with E-state index in [2.05, 4.69) is 15.0 Å². The van der Waals surface area contributed by atoms with Crippen LogP contribution in [0.25, 0.3) is 9.88 Å². The normalized spacial score (nSPS) is 11.1. The van der Waals surface area contributed by atoms with Crippen molar-refractivity contribution >= 4 is 40.2 Å². The molecular weight excluding hydrogens is 417 g/mol. The Kier molecular flexibility index (Phi) is 5.95. The molecule has 1 N–H and O–H groups in total. The molecule has 6 nitrogen and oxygen atoms in total. The fourth-order valence-electron chi connectivity index (χ4n) is 2.02. The van der Waals surface area contributed by atoms with Crippen molar-refractivity contribution in [2.45, 2.75) is 6.36 Å². The van der Waals surface area contributed by atoms with E-state index in [9.17, 15) is 22.8 Å². The third kappa shape index (κ3) is 5.54. The van der Waals surface area contributed by atoms with Gasteiger partial charge in [0.1, 0.15) is 10.8 Å². The van der Waals surface area contributed by atoms with Gasteiger partial charge in [0.25, 0.3) is 5.91 Å². The van der Waals surface area contributed by atoms with E-state index in [1.54, 1.807) is 0 Å². The summed E-state index contributed by atoms with van der Waals surface area (Å²) < 4.78 is 45.0. The summed E-state index contributed by atoms with van der Waals surface area (Å²) in [4.78, 5) is 28.9. The molecule has 0 spiro atoms. The van der Waals surface area contributed by atoms with Gasteiger partial charge in [0, 0.05) is 11.1 Å². The van der Waals surface area contributed by atoms with Gasteiger partial charge in [-0.25, -0.2) is 9.78 Å². The summed E-state index contributed by atoms with van der Waals surface area (Å²) >= 11 is 2.77. The lowest BCUT2D eigenvalue weighted by Gasteiger charge is -2.10. The summed E-state index contributed by atoms with van der Waals surface area (Å²) in [5.74, 6) is -1.81. The molecule has 0 radical (unpaired) electrons. The molecule has 0 fully saturated rings. The standard InChI is InChI=1S/C17H11F3N2O4S2/c18-17(19,20)26-11-5-3-10(4-6-11)21-14(23)8-25-16(24)12-9-28-15(22-12)13-2-1-7-27-13/h1-7,9H,8H2,(H,21,23). The van der Waals surface area contributed by atoms with E-state index in [1.165, 1.54) is 40.2 Å². The lowest BCUT2D eigenvalue weighted by atomic mass is 10.3. The summed E-state index contributed by atoms with van der Waals surface area (Å²) in [5.41, 5.74) is 0.319. The van der Waals surface area contributed by atoms with Crippen LogP contribution in [-0.2, 0) is 9.53 Å². The second-order valence-corrected chi connectivity index (χ2v) is 7.02. The van der Waals surface area contributed by atoms with Crippen molar-refractivity contribution in [3.8, 4) is 15.6 Å². The Bertz CT molecular complexity index is 954. The van der Waals surface area contributed by atoms with Gasteiger partial charge >= 0.3 is 12.3 Å². The van der Waals surface area contributed by atoms with Gasteiger partial charge in [0.2, 0.25) is 0 Å². The molecule has 1 aromatic carbocycles. The highest BCUT2D eigenvalue weighted by atomic mass is 32.1. The Morgan fingerprint density at radius 3 is 2.50 bits per heavy atom. The summed E-state index contributed by atoms with van der Waals surface area (Å²) in [5, 5.41) is 6.50. The number of nitrogens with one attached hydrogen (secondary N) is 1. The van der Waals surface area contributed by atoms with Gasteiger partial charge in [0.05, 0.1) is 4.88 Å². The number of benzene rings is 1. The smallest absolute Gasteiger partial charge is 0.451 e. The van der Waals surface area contributed by atoms with Crippen LogP contribution >= 0.6 is 22.7 Å². The van der Waals surface area contributed by atoms with E-state index < -0.39 is 30.6 Å². The number of anilines is 1. The summed E-state index contributed by atoms with van der Waals surface area (Å²) in [6.45, 7) is -0.564. The summed E-state index contributed by atoms with van der Waals surface area (Å²) in [7, 11) is 0. The number of hydrogen-bond donors (Lipinski definition) is 1. The minimum Gasteiger partial charge on any atom is -0.451 e. The fourth-order valence-corrected chi connectivity index (χ4v) is 3.63. The van der Waals surface area contributed by atoms with E-state index >= 15 is 0 Å². The van der Waals surface area contributed by atoms with Crippen molar-refractivity contribution in [3.63, 3.8) is 0 Å². The van der Waals surface area contributed by atoms with Crippen LogP contribution in [0.1, 0.15) is 10.5 Å². The highest BCUT2D eigenvalue weighted by Crippen LogP contribution is 2.28. The van der Waals surface area contributed by atoms with Crippen molar-refractivity contribution in [1.82, 2.24) is 4.98 Å². The molecule has 0 unspecified atom stereocenters. The first kappa shape index (κ1) is 19.8. The van der Waals surface area contributed by atoms with Gasteiger partial charge in [-0.15, -0.1) is 35.8 Å². The second-order valence-electron chi connectivity index (χ2n) is 5.21. The SMILES string of the molecule is O=C(COC(=O)c1csc(-c2cccs2)n1)Nc1ccc(OC(F)(F)F)cc1. The highest BCUT2D eigenvalue weighted by Gasteiger charge is 2.31. The Balaban J connectivity index is 1.49. The van der Waals surface area contributed by atoms with Crippen LogP contribution in [0.4, 0.5) is 18.9 Å². The van der Waals surface area contributed by atoms with Crippen LogP contribution in [0.2, 0.25) is 0 Å². The molecule has 3 aromatic rings. The molecule has 1 amide bonds. The average Bonchev–Trinajstić information content (AvgIpc) is 3.31. The number of amides is 1. The third-order valence-corrected chi connectivity index (χ3v) is 5.03. The topological polar surface area (TPSA) is 77.5 Å². The van der Waals surface area contributed by atoms with Crippen LogP contribution in [0, 0.1) is 0 Å². The van der Waals surface area contributed by atoms with Gasteiger partial charge in [-0.3, -0.25) is 4.79 Å². The Morgan fingerprint density at radius 2 is 1.86 bits per heavy atom. The number of nitrogens with zero attached hydrogens (tertiary/aromatic N) is 1. The zero-order valence-corrected chi connectivity index (χ0v) is 15.5. The van der Waals surface area contributed by atoms with E-state index in [0.29, 0.717) is 5.01 Å². The molecule has 0 bridgehead atoms. The predicted octanol–water partition coefficient (Wildman–Crippen LogP) is 4.57. The monoisotopic (exact) mass is 428 g/mol. The van der Waals surface area contributed by atoms with Crippen LogP contribution < -0.4 is 10.1 Å². The van der Waals surface area contributed by atoms with Crippen molar-refractivity contribution in [2.24, 2.45) is 0 Å². The Hall–Kier alpha value is -2.92. The molecule has 0 aliphatic rings. The van der Waals surface area contributed by atoms with Gasteiger partial charge < -0.3 is 14.8 Å². The number of halogens is 3. The third-order valence-electron chi connectivity index (χ3n) is 3.15. The molecule has 146 valence electrons. The number of ether oxygens (including phenoxy) is 2. The molecule has 2 heterocycles. The van der Waals surface area contributed by atoms with Gasteiger partial charge in [-0.1, -0.05) is 6.07 Å². The number of rotatable bonds is 6. The summed E-state index contributed by atoms with van der Waals surface area (Å²) in [6.07, 6.45) is -4.79. The van der Waals surface area contributed by atoms with Crippen molar-refractivity contribution < 1.29 is 32.2 Å². The lowest BCUT2D eigenvalue weighted by Crippen LogP contribution is -2.21. The maximum absolute atomic E-state index is 12.1. The van der Waals surface area contributed by atoms with E-state index in [-0.39, 0.29) is 11.4 Å². The average molecular weight is 428 g/mol. The number of alkyl halides is 3. The zero-order valence-electron chi connectivity index (χ0n) is 13.9. The first-order valence-corrected chi connectivity index (χ1v) is 9.38. The van der Waals surface area contributed by atoms with E-state index in [0.717, 1.165) is 17.0 Å². The number of thiazole rings is 1. The first-order valence-electron chi connectivity index (χ1n) is 7.62. The van der Waals surface area contributed by atoms with Crippen LogP contribution in [0.5, 0.6) is 5.75 Å². The largest absolute Gasteiger partial charge is 0.573 e. The van der Waals surface area contributed by atoms with E-state index in [1.807, 2.05) is 17.5 Å². The quantitative estimate of drug-likeness (QED) is 0.582. The van der Waals surface area contributed by atoms with E-state index in [4.69, 9.17) is 4.74 Å². The zero-order chi connectivity index (χ0) is 20.1. The first-order chi connectivity index (χ1) is 13.3. The lowest BCUT2D eigenvalue weighted by molar-refractivity contribution is -0.274. The maximum atomic E-state index is 12.1.